The van der Waals surface area contributed by atoms with Crippen LogP contribution in [0.25, 0.3) is 10.9 Å². The van der Waals surface area contributed by atoms with Crippen LogP contribution in [0.15, 0.2) is 54.6 Å². The van der Waals surface area contributed by atoms with Crippen molar-refractivity contribution in [3.63, 3.8) is 0 Å². The maximum absolute atomic E-state index is 14.3. The molecular formula is C28H26F2N2O4. The number of ether oxygens (including phenoxy) is 1. The number of amides is 1. The van der Waals surface area contributed by atoms with Crippen molar-refractivity contribution in [3.8, 4) is 11.5 Å². The topological polar surface area (TPSA) is 80.6 Å². The van der Waals surface area contributed by atoms with Crippen LogP contribution in [-0.2, 0) is 24.8 Å². The number of rotatable bonds is 8. The third kappa shape index (κ3) is 5.38. The number of carboxylic acids is 1. The van der Waals surface area contributed by atoms with Gasteiger partial charge in [0.15, 0.2) is 0 Å². The van der Waals surface area contributed by atoms with Gasteiger partial charge >= 0.3 is 5.97 Å². The van der Waals surface area contributed by atoms with Crippen molar-refractivity contribution in [3.05, 3.63) is 94.2 Å². The van der Waals surface area contributed by atoms with E-state index in [1.165, 1.54) is 24.3 Å². The number of hydrogen-bond acceptors (Lipinski definition) is 3. The van der Waals surface area contributed by atoms with Crippen LogP contribution in [0, 0.1) is 25.5 Å². The molecule has 186 valence electrons. The van der Waals surface area contributed by atoms with Crippen molar-refractivity contribution in [1.82, 2.24) is 9.88 Å². The summed E-state index contributed by atoms with van der Waals surface area (Å²) < 4.78 is 35.5. The molecule has 8 heteroatoms. The smallest absolute Gasteiger partial charge is 0.303 e. The summed E-state index contributed by atoms with van der Waals surface area (Å²) in [6.07, 6.45) is 0.450. The summed E-state index contributed by atoms with van der Waals surface area (Å²) in [6.45, 7) is 3.69. The Kier molecular flexibility index (Phi) is 7.05. The van der Waals surface area contributed by atoms with Crippen molar-refractivity contribution >= 4 is 22.8 Å². The zero-order chi connectivity index (χ0) is 26.0. The minimum atomic E-state index is -0.862. The van der Waals surface area contributed by atoms with E-state index in [1.54, 1.807) is 48.9 Å². The van der Waals surface area contributed by atoms with Crippen molar-refractivity contribution in [2.45, 2.75) is 33.2 Å². The molecular weight excluding hydrogens is 466 g/mol. The first-order chi connectivity index (χ1) is 17.1. The van der Waals surface area contributed by atoms with Gasteiger partial charge in [0, 0.05) is 37.0 Å². The highest BCUT2D eigenvalue weighted by Gasteiger charge is 2.19. The third-order valence-corrected chi connectivity index (χ3v) is 6.17. The van der Waals surface area contributed by atoms with Crippen molar-refractivity contribution < 1.29 is 28.2 Å². The second-order valence-corrected chi connectivity index (χ2v) is 8.76. The van der Waals surface area contributed by atoms with Gasteiger partial charge in [0.25, 0.3) is 5.91 Å². The highest BCUT2D eigenvalue weighted by molar-refractivity contribution is 6.01. The molecule has 0 saturated heterocycles. The summed E-state index contributed by atoms with van der Waals surface area (Å²) in [5, 5.41) is 12.3. The molecule has 0 spiro atoms. The molecule has 6 nitrogen and oxygen atoms in total. The molecule has 0 fully saturated rings. The molecule has 0 aliphatic carbocycles. The maximum atomic E-state index is 14.3. The van der Waals surface area contributed by atoms with Gasteiger partial charge < -0.3 is 19.7 Å². The Morgan fingerprint density at radius 2 is 1.75 bits per heavy atom. The molecule has 4 aromatic rings. The fraction of sp³-hybridized carbons (Fsp3) is 0.214. The van der Waals surface area contributed by atoms with E-state index in [9.17, 15) is 18.4 Å². The number of halogens is 2. The van der Waals surface area contributed by atoms with Crippen LogP contribution < -0.4 is 10.1 Å². The molecule has 0 saturated carbocycles. The van der Waals surface area contributed by atoms with Gasteiger partial charge in [-0.1, -0.05) is 6.07 Å². The number of aliphatic carboxylic acids is 1. The van der Waals surface area contributed by atoms with E-state index in [0.717, 1.165) is 16.6 Å². The fourth-order valence-electron chi connectivity index (χ4n) is 4.36. The molecule has 1 amide bonds. The Morgan fingerprint density at radius 3 is 2.47 bits per heavy atom. The number of carboxylic acid groups (broad SMARTS) is 1. The molecule has 0 aliphatic heterocycles. The van der Waals surface area contributed by atoms with Crippen LogP contribution >= 0.6 is 0 Å². The first-order valence-corrected chi connectivity index (χ1v) is 11.4. The molecule has 0 unspecified atom stereocenters. The summed E-state index contributed by atoms with van der Waals surface area (Å²) in [5.41, 5.74) is 4.10. The normalized spacial score (nSPS) is 11.0. The van der Waals surface area contributed by atoms with E-state index in [1.807, 2.05) is 6.92 Å². The lowest BCUT2D eigenvalue weighted by atomic mass is 10.0. The molecule has 0 atom stereocenters. The minimum Gasteiger partial charge on any atom is -0.481 e. The Hall–Kier alpha value is -4.20. The number of carbonyl (C=O) groups is 2. The largest absolute Gasteiger partial charge is 0.481 e. The van der Waals surface area contributed by atoms with Gasteiger partial charge in [-0.2, -0.15) is 0 Å². The molecule has 36 heavy (non-hydrogen) atoms. The quantitative estimate of drug-likeness (QED) is 0.325. The van der Waals surface area contributed by atoms with E-state index < -0.39 is 11.8 Å². The third-order valence-electron chi connectivity index (χ3n) is 6.17. The van der Waals surface area contributed by atoms with Crippen LogP contribution in [0.5, 0.6) is 11.5 Å². The molecule has 1 heterocycles. The number of fused-ring (bicyclic) bond motifs is 1. The lowest BCUT2D eigenvalue weighted by molar-refractivity contribution is -0.136. The van der Waals surface area contributed by atoms with Gasteiger partial charge in [-0.3, -0.25) is 9.59 Å². The Bertz CT molecular complexity index is 1480. The van der Waals surface area contributed by atoms with E-state index in [0.29, 0.717) is 34.4 Å². The summed E-state index contributed by atoms with van der Waals surface area (Å²) in [6, 6.07) is 13.9. The SMILES string of the molecule is Cc1cc(Oc2cc(F)cc(CNC(=O)c3c(C)c4cc(F)ccc4n3C)c2)ccc1CCC(=O)O. The van der Waals surface area contributed by atoms with Crippen LogP contribution in [0.4, 0.5) is 8.78 Å². The summed E-state index contributed by atoms with van der Waals surface area (Å²) in [7, 11) is 1.74. The van der Waals surface area contributed by atoms with Crippen molar-refractivity contribution in [2.75, 3.05) is 0 Å². The Balaban J connectivity index is 1.48. The first kappa shape index (κ1) is 24.9. The molecule has 1 aromatic heterocycles. The van der Waals surface area contributed by atoms with Crippen LogP contribution in [0.2, 0.25) is 0 Å². The number of hydrogen-bond donors (Lipinski definition) is 2. The van der Waals surface area contributed by atoms with Gasteiger partial charge in [-0.25, -0.2) is 8.78 Å². The van der Waals surface area contributed by atoms with Crippen LogP contribution in [0.1, 0.15) is 39.2 Å². The minimum absolute atomic E-state index is 0.0369. The monoisotopic (exact) mass is 492 g/mol. The predicted octanol–water partition coefficient (Wildman–Crippen LogP) is 5.81. The van der Waals surface area contributed by atoms with Crippen molar-refractivity contribution in [1.29, 1.82) is 0 Å². The van der Waals surface area contributed by atoms with Crippen LogP contribution in [-0.4, -0.2) is 21.6 Å². The zero-order valence-electron chi connectivity index (χ0n) is 20.2. The number of benzene rings is 3. The summed E-state index contributed by atoms with van der Waals surface area (Å²) >= 11 is 0. The van der Waals surface area contributed by atoms with Gasteiger partial charge in [0.05, 0.1) is 0 Å². The average Bonchev–Trinajstić information content (AvgIpc) is 3.05. The van der Waals surface area contributed by atoms with Crippen LogP contribution in [0.3, 0.4) is 0 Å². The summed E-state index contributed by atoms with van der Waals surface area (Å²) in [5.74, 6) is -1.34. The van der Waals surface area contributed by atoms with Gasteiger partial charge in [0.1, 0.15) is 28.8 Å². The standard InChI is InChI=1S/C28H26F2N2O4/c1-16-10-22(7-4-19(16)5-9-26(33)34)36-23-12-18(11-21(30)13-23)15-31-28(35)27-17(2)24-14-20(29)6-8-25(24)32(27)3/h4,6-8,10-14H,5,9,15H2,1-3H3,(H,31,35)(H,33,34). The second kappa shape index (κ2) is 10.2. The van der Waals surface area contributed by atoms with Gasteiger partial charge in [-0.15, -0.1) is 0 Å². The van der Waals surface area contributed by atoms with Gasteiger partial charge in [-0.05, 0) is 85.0 Å². The highest BCUT2D eigenvalue weighted by atomic mass is 19.1. The zero-order valence-corrected chi connectivity index (χ0v) is 20.2. The van der Waals surface area contributed by atoms with Gasteiger partial charge in [0.2, 0.25) is 0 Å². The maximum Gasteiger partial charge on any atom is 0.303 e. The average molecular weight is 493 g/mol. The number of aromatic nitrogens is 1. The second-order valence-electron chi connectivity index (χ2n) is 8.76. The highest BCUT2D eigenvalue weighted by Crippen LogP contribution is 2.27. The molecule has 0 aliphatic rings. The fourth-order valence-corrected chi connectivity index (χ4v) is 4.36. The van der Waals surface area contributed by atoms with E-state index in [4.69, 9.17) is 9.84 Å². The lowest BCUT2D eigenvalue weighted by Gasteiger charge is -2.12. The Morgan fingerprint density at radius 1 is 0.972 bits per heavy atom. The molecule has 2 N–H and O–H groups in total. The number of nitrogens with zero attached hydrogens (tertiary/aromatic N) is 1. The number of nitrogens with one attached hydrogen (secondary N) is 1. The predicted molar refractivity (Wildman–Crippen MR) is 132 cm³/mol. The molecule has 0 radical (unpaired) electrons. The van der Waals surface area contributed by atoms with E-state index in [-0.39, 0.29) is 30.4 Å². The first-order valence-electron chi connectivity index (χ1n) is 11.4. The molecule has 0 bridgehead atoms. The number of aryl methyl sites for hydroxylation is 4. The summed E-state index contributed by atoms with van der Waals surface area (Å²) in [4.78, 5) is 23.8. The number of carbonyl (C=O) groups excluding carboxylic acids is 1. The molecule has 4 rings (SSSR count). The Labute approximate surface area is 207 Å². The van der Waals surface area contributed by atoms with E-state index >= 15 is 0 Å². The van der Waals surface area contributed by atoms with E-state index in [2.05, 4.69) is 5.32 Å². The molecule has 3 aromatic carbocycles. The lowest BCUT2D eigenvalue weighted by Crippen LogP contribution is -2.25. The van der Waals surface area contributed by atoms with Crippen molar-refractivity contribution in [2.24, 2.45) is 7.05 Å².